The summed E-state index contributed by atoms with van der Waals surface area (Å²) < 4.78 is 26.9. The van der Waals surface area contributed by atoms with Crippen molar-refractivity contribution < 1.29 is 13.3 Å². The van der Waals surface area contributed by atoms with Crippen LogP contribution in [-0.2, 0) is 10.0 Å². The number of hydrogen-bond donors (Lipinski definition) is 1. The van der Waals surface area contributed by atoms with Gasteiger partial charge in [-0.1, -0.05) is 38.1 Å². The van der Waals surface area contributed by atoms with Gasteiger partial charge in [-0.15, -0.1) is 11.3 Å². The number of aromatic nitrogens is 1. The molecule has 0 aliphatic rings. The van der Waals surface area contributed by atoms with Crippen LogP contribution in [-0.4, -0.2) is 41.9 Å². The first-order chi connectivity index (χ1) is 14.8. The van der Waals surface area contributed by atoms with Crippen molar-refractivity contribution >= 4 is 38.4 Å². The van der Waals surface area contributed by atoms with Crippen LogP contribution in [0.3, 0.4) is 0 Å². The van der Waals surface area contributed by atoms with Crippen molar-refractivity contribution in [1.82, 2.24) is 9.29 Å². The fourth-order valence-corrected chi connectivity index (χ4v) is 5.04. The van der Waals surface area contributed by atoms with Crippen LogP contribution in [0.25, 0.3) is 11.3 Å². The molecule has 0 spiro atoms. The van der Waals surface area contributed by atoms with E-state index in [1.807, 2.05) is 0 Å². The molecular weight excluding hydrogens is 438 g/mol. The fourth-order valence-electron chi connectivity index (χ4n) is 2.87. The Bertz CT molecular complexity index is 1200. The molecule has 3 rings (SSSR count). The van der Waals surface area contributed by atoms with Crippen molar-refractivity contribution in [2.45, 2.75) is 18.7 Å². The van der Waals surface area contributed by atoms with Gasteiger partial charge < -0.3 is 0 Å². The zero-order chi connectivity index (χ0) is 22.4. The number of anilines is 1. The van der Waals surface area contributed by atoms with Gasteiger partial charge in [-0.05, 0) is 12.1 Å². The highest BCUT2D eigenvalue weighted by Crippen LogP contribution is 2.27. The lowest BCUT2D eigenvalue weighted by molar-refractivity contribution is -0.384. The topological polar surface area (TPSA) is 118 Å². The molecular formula is C20H21N5O4S2. The highest BCUT2D eigenvalue weighted by atomic mass is 32.2. The molecule has 0 unspecified atom stereocenters. The van der Waals surface area contributed by atoms with Gasteiger partial charge in [0.2, 0.25) is 15.2 Å². The Morgan fingerprint density at radius 2 is 1.94 bits per heavy atom. The first kappa shape index (κ1) is 22.5. The van der Waals surface area contributed by atoms with E-state index in [0.29, 0.717) is 35.0 Å². The molecule has 1 N–H and O–H groups in total. The predicted octanol–water partition coefficient (Wildman–Crippen LogP) is 4.19. The van der Waals surface area contributed by atoms with E-state index >= 15 is 0 Å². The van der Waals surface area contributed by atoms with Crippen LogP contribution in [0.5, 0.6) is 0 Å². The zero-order valence-corrected chi connectivity index (χ0v) is 18.6. The van der Waals surface area contributed by atoms with Crippen LogP contribution >= 0.6 is 11.3 Å². The van der Waals surface area contributed by atoms with Crippen LogP contribution in [0.15, 0.2) is 63.9 Å². The minimum atomic E-state index is -3.56. The Hall–Kier alpha value is -3.15. The highest BCUT2D eigenvalue weighted by molar-refractivity contribution is 7.89. The van der Waals surface area contributed by atoms with Gasteiger partial charge in [0.15, 0.2) is 0 Å². The normalized spacial score (nSPS) is 11.8. The van der Waals surface area contributed by atoms with Crippen molar-refractivity contribution in [2.75, 3.05) is 18.5 Å². The number of nitrogens with one attached hydrogen (secondary N) is 1. The molecule has 0 amide bonds. The van der Waals surface area contributed by atoms with Crippen molar-refractivity contribution in [3.63, 3.8) is 0 Å². The van der Waals surface area contributed by atoms with Crippen molar-refractivity contribution in [3.05, 3.63) is 69.6 Å². The molecule has 9 nitrogen and oxygen atoms in total. The molecule has 11 heteroatoms. The van der Waals surface area contributed by atoms with E-state index in [9.17, 15) is 18.5 Å². The van der Waals surface area contributed by atoms with Crippen LogP contribution in [0.4, 0.5) is 10.8 Å². The van der Waals surface area contributed by atoms with E-state index in [1.165, 1.54) is 34.0 Å². The molecule has 0 saturated heterocycles. The first-order valence-corrected chi connectivity index (χ1v) is 11.8. The van der Waals surface area contributed by atoms with Crippen molar-refractivity contribution in [3.8, 4) is 11.3 Å². The summed E-state index contributed by atoms with van der Waals surface area (Å²) in [7, 11) is -3.56. The van der Waals surface area contributed by atoms with Gasteiger partial charge in [-0.25, -0.2) is 13.4 Å². The van der Waals surface area contributed by atoms with Crippen molar-refractivity contribution in [1.29, 1.82) is 0 Å². The lowest BCUT2D eigenvalue weighted by atomic mass is 10.2. The number of nitro benzene ring substituents is 1. The molecule has 0 bridgehead atoms. The largest absolute Gasteiger partial charge is 0.270 e. The number of hydrogen-bond acceptors (Lipinski definition) is 8. The Balaban J connectivity index is 1.75. The van der Waals surface area contributed by atoms with E-state index in [2.05, 4.69) is 15.5 Å². The lowest BCUT2D eigenvalue weighted by Crippen LogP contribution is -2.30. The Morgan fingerprint density at radius 1 is 1.19 bits per heavy atom. The zero-order valence-electron chi connectivity index (χ0n) is 16.9. The molecule has 1 aromatic heterocycles. The maximum atomic E-state index is 12.8. The molecule has 162 valence electrons. The Morgan fingerprint density at radius 3 is 2.65 bits per heavy atom. The summed E-state index contributed by atoms with van der Waals surface area (Å²) in [5.41, 5.74) is 4.66. The number of non-ortho nitro benzene ring substituents is 1. The van der Waals surface area contributed by atoms with Gasteiger partial charge >= 0.3 is 0 Å². The van der Waals surface area contributed by atoms with Crippen molar-refractivity contribution in [2.24, 2.45) is 5.10 Å². The Kier molecular flexibility index (Phi) is 7.10. The number of benzene rings is 2. The van der Waals surface area contributed by atoms with Gasteiger partial charge in [-0.3, -0.25) is 15.5 Å². The minimum absolute atomic E-state index is 0.0139. The number of nitro groups is 1. The number of nitrogens with zero attached hydrogens (tertiary/aromatic N) is 4. The van der Waals surface area contributed by atoms with E-state index in [-0.39, 0.29) is 10.6 Å². The summed E-state index contributed by atoms with van der Waals surface area (Å²) in [4.78, 5) is 15.0. The van der Waals surface area contributed by atoms with Gasteiger partial charge in [0.1, 0.15) is 0 Å². The Labute approximate surface area is 184 Å². The SMILES string of the molecule is CCN(CC)S(=O)(=O)c1cccc(-c2csc(N/N=C/c3cccc([N+](=O)[O-])c3)n2)c1. The van der Waals surface area contributed by atoms with E-state index < -0.39 is 14.9 Å². The third-order valence-corrected chi connectivity index (χ3v) is 7.22. The summed E-state index contributed by atoms with van der Waals surface area (Å²) in [6.07, 6.45) is 1.46. The molecule has 31 heavy (non-hydrogen) atoms. The second-order valence-electron chi connectivity index (χ2n) is 6.38. The number of sulfonamides is 1. The second kappa shape index (κ2) is 9.77. The summed E-state index contributed by atoms with van der Waals surface area (Å²) in [6.45, 7) is 4.40. The first-order valence-electron chi connectivity index (χ1n) is 9.44. The lowest BCUT2D eigenvalue weighted by Gasteiger charge is -2.18. The fraction of sp³-hybridized carbons (Fsp3) is 0.200. The van der Waals surface area contributed by atoms with E-state index in [1.54, 1.807) is 55.6 Å². The van der Waals surface area contributed by atoms with Gasteiger partial charge in [0.05, 0.1) is 21.7 Å². The number of rotatable bonds is 9. The van der Waals surface area contributed by atoms with Gasteiger partial charge in [0.25, 0.3) is 5.69 Å². The third-order valence-electron chi connectivity index (χ3n) is 4.43. The standard InChI is InChI=1S/C20H21N5O4S2/c1-3-24(4-2)31(28,29)18-10-6-8-16(12-18)19-14-30-20(22-19)23-21-13-15-7-5-9-17(11-15)25(26)27/h5-14H,3-4H2,1-2H3,(H,22,23)/b21-13+. The average molecular weight is 460 g/mol. The molecule has 3 aromatic rings. The van der Waals surface area contributed by atoms with Crippen LogP contribution in [0.2, 0.25) is 0 Å². The summed E-state index contributed by atoms with van der Waals surface area (Å²) in [5, 5.41) is 17.2. The van der Waals surface area contributed by atoms with Gasteiger partial charge in [-0.2, -0.15) is 9.41 Å². The molecule has 0 saturated carbocycles. The summed E-state index contributed by atoms with van der Waals surface area (Å²) in [5.74, 6) is 0. The number of hydrazone groups is 1. The summed E-state index contributed by atoms with van der Waals surface area (Å²) >= 11 is 1.31. The maximum Gasteiger partial charge on any atom is 0.270 e. The quantitative estimate of drug-likeness (QED) is 0.291. The maximum absolute atomic E-state index is 12.8. The molecule has 0 atom stereocenters. The summed E-state index contributed by atoms with van der Waals surface area (Å²) in [6, 6.07) is 12.8. The van der Waals surface area contributed by atoms with Crippen LogP contribution in [0, 0.1) is 10.1 Å². The average Bonchev–Trinajstić information content (AvgIpc) is 3.24. The van der Waals surface area contributed by atoms with Gasteiger partial charge in [0, 0.05) is 41.7 Å². The molecule has 1 heterocycles. The van der Waals surface area contributed by atoms with Crippen LogP contribution < -0.4 is 5.43 Å². The smallest absolute Gasteiger partial charge is 0.258 e. The molecule has 0 aliphatic heterocycles. The molecule has 0 aliphatic carbocycles. The minimum Gasteiger partial charge on any atom is -0.258 e. The second-order valence-corrected chi connectivity index (χ2v) is 9.17. The monoisotopic (exact) mass is 459 g/mol. The number of thiazole rings is 1. The molecule has 0 fully saturated rings. The van der Waals surface area contributed by atoms with Crippen LogP contribution in [0.1, 0.15) is 19.4 Å². The highest BCUT2D eigenvalue weighted by Gasteiger charge is 2.22. The third kappa shape index (κ3) is 5.32. The molecule has 2 aromatic carbocycles. The molecule has 0 radical (unpaired) electrons. The van der Waals surface area contributed by atoms with E-state index in [4.69, 9.17) is 0 Å². The van der Waals surface area contributed by atoms with E-state index in [0.717, 1.165) is 0 Å². The predicted molar refractivity (Wildman–Crippen MR) is 122 cm³/mol.